The summed E-state index contributed by atoms with van der Waals surface area (Å²) < 4.78 is 51.9. The summed E-state index contributed by atoms with van der Waals surface area (Å²) in [6, 6.07) is 13.4. The van der Waals surface area contributed by atoms with E-state index in [4.69, 9.17) is 0 Å². The van der Waals surface area contributed by atoms with Crippen LogP contribution in [0.3, 0.4) is 0 Å². The van der Waals surface area contributed by atoms with Crippen molar-refractivity contribution in [3.8, 4) is 0 Å². The lowest BCUT2D eigenvalue weighted by atomic mass is 10.2. The van der Waals surface area contributed by atoms with Gasteiger partial charge in [-0.25, -0.2) is 31.5 Å². The van der Waals surface area contributed by atoms with Gasteiger partial charge in [-0.2, -0.15) is 0 Å². The first kappa shape index (κ1) is 24.1. The van der Waals surface area contributed by atoms with Crippen molar-refractivity contribution < 1.29 is 21.6 Å². The van der Waals surface area contributed by atoms with Crippen LogP contribution in [0.25, 0.3) is 0 Å². The van der Waals surface area contributed by atoms with Gasteiger partial charge in [0.25, 0.3) is 15.9 Å². The number of carbonyl (C=O) groups excluding carboxylic acids is 1. The Morgan fingerprint density at radius 1 is 0.879 bits per heavy atom. The lowest BCUT2D eigenvalue weighted by Gasteiger charge is -2.16. The number of amides is 1. The lowest BCUT2D eigenvalue weighted by molar-refractivity contribution is 0.102. The second kappa shape index (κ2) is 9.16. The van der Waals surface area contributed by atoms with E-state index in [0.717, 1.165) is 10.6 Å². The summed E-state index contributed by atoms with van der Waals surface area (Å²) in [5.41, 5.74) is 2.39. The first-order valence-corrected chi connectivity index (χ1v) is 13.0. The average molecular weight is 490 g/mol. The minimum Gasteiger partial charge on any atom is -0.322 e. The van der Waals surface area contributed by atoms with Crippen molar-refractivity contribution in [1.82, 2.24) is 9.97 Å². The van der Waals surface area contributed by atoms with E-state index in [9.17, 15) is 21.6 Å². The van der Waals surface area contributed by atoms with Crippen molar-refractivity contribution in [3.05, 3.63) is 71.5 Å². The smallest absolute Gasteiger partial charge is 0.264 e. The van der Waals surface area contributed by atoms with E-state index >= 15 is 0 Å². The Morgan fingerprint density at radius 2 is 1.42 bits per heavy atom. The molecular formula is C21H23N5O5S2. The minimum atomic E-state index is -3.91. The standard InChI is InChI=1S/C21H23N5O5S2/c1-14-13-15(2)23-21(22-14)25-33(30,31)19-11-7-17(8-12-19)24-20(27)16-5-9-18(10-6-16)26(3)32(4,28)29/h5-13H,1-4H3,(H,24,27)(H,22,23,25). The molecule has 3 rings (SSSR count). The van der Waals surface area contributed by atoms with Gasteiger partial charge in [-0.1, -0.05) is 0 Å². The Bertz CT molecular complexity index is 1370. The monoisotopic (exact) mass is 489 g/mol. The van der Waals surface area contributed by atoms with E-state index in [1.165, 1.54) is 55.6 Å². The Hall–Kier alpha value is -3.51. The number of rotatable bonds is 7. The third-order valence-corrected chi connectivity index (χ3v) is 7.17. The van der Waals surface area contributed by atoms with Crippen LogP contribution < -0.4 is 14.3 Å². The Morgan fingerprint density at radius 3 is 1.94 bits per heavy atom. The van der Waals surface area contributed by atoms with E-state index in [0.29, 0.717) is 28.3 Å². The van der Waals surface area contributed by atoms with E-state index in [2.05, 4.69) is 20.0 Å². The summed E-state index contributed by atoms with van der Waals surface area (Å²) in [5.74, 6) is -0.448. The van der Waals surface area contributed by atoms with Crippen LogP contribution in [0.4, 0.5) is 17.3 Å². The molecule has 0 bridgehead atoms. The molecule has 2 N–H and O–H groups in total. The molecule has 0 saturated carbocycles. The molecule has 1 amide bonds. The number of benzene rings is 2. The first-order chi connectivity index (χ1) is 15.3. The van der Waals surface area contributed by atoms with E-state index < -0.39 is 26.0 Å². The zero-order valence-corrected chi connectivity index (χ0v) is 20.0. The van der Waals surface area contributed by atoms with Gasteiger partial charge in [-0.3, -0.25) is 9.10 Å². The number of nitrogens with one attached hydrogen (secondary N) is 2. The maximum absolute atomic E-state index is 12.6. The van der Waals surface area contributed by atoms with Crippen molar-refractivity contribution >= 4 is 43.3 Å². The van der Waals surface area contributed by atoms with E-state index in [1.54, 1.807) is 19.9 Å². The number of sulfonamides is 2. The Kier molecular flexibility index (Phi) is 6.70. The maximum atomic E-state index is 12.6. The fraction of sp³-hybridized carbons (Fsp3) is 0.190. The van der Waals surface area contributed by atoms with Gasteiger partial charge in [-0.15, -0.1) is 0 Å². The lowest BCUT2D eigenvalue weighted by Crippen LogP contribution is -2.24. The zero-order chi connectivity index (χ0) is 24.4. The predicted octanol–water partition coefficient (Wildman–Crippen LogP) is 2.54. The fourth-order valence-electron chi connectivity index (χ4n) is 2.89. The van der Waals surface area contributed by atoms with Gasteiger partial charge in [-0.05, 0) is 68.4 Å². The predicted molar refractivity (Wildman–Crippen MR) is 126 cm³/mol. The summed E-state index contributed by atoms with van der Waals surface area (Å²) in [7, 11) is -5.90. The first-order valence-electron chi connectivity index (χ1n) is 9.66. The molecule has 3 aromatic rings. The molecule has 0 unspecified atom stereocenters. The summed E-state index contributed by atoms with van der Waals surface area (Å²) >= 11 is 0. The van der Waals surface area contributed by atoms with Crippen LogP contribution in [-0.4, -0.2) is 46.0 Å². The summed E-state index contributed by atoms with van der Waals surface area (Å²) in [6.45, 7) is 3.48. The van der Waals surface area contributed by atoms with Gasteiger partial charge < -0.3 is 5.32 Å². The highest BCUT2D eigenvalue weighted by molar-refractivity contribution is 7.92. The topological polar surface area (TPSA) is 138 Å². The van der Waals surface area contributed by atoms with Gasteiger partial charge in [0, 0.05) is 29.7 Å². The summed E-state index contributed by atoms with van der Waals surface area (Å²) in [5, 5.41) is 2.67. The molecule has 174 valence electrons. The van der Waals surface area contributed by atoms with Gasteiger partial charge in [0.2, 0.25) is 16.0 Å². The molecule has 2 aromatic carbocycles. The van der Waals surface area contributed by atoms with Crippen molar-refractivity contribution in [2.45, 2.75) is 18.7 Å². The Labute approximate surface area is 192 Å². The van der Waals surface area contributed by atoms with Crippen LogP contribution in [0.15, 0.2) is 59.5 Å². The van der Waals surface area contributed by atoms with Crippen LogP contribution in [0.1, 0.15) is 21.7 Å². The third kappa shape index (κ3) is 6.05. The van der Waals surface area contributed by atoms with Crippen molar-refractivity contribution in [2.24, 2.45) is 0 Å². The minimum absolute atomic E-state index is 0.0172. The number of hydrogen-bond donors (Lipinski definition) is 2. The largest absolute Gasteiger partial charge is 0.322 e. The average Bonchev–Trinajstić information content (AvgIpc) is 2.72. The highest BCUT2D eigenvalue weighted by Crippen LogP contribution is 2.19. The Balaban J connectivity index is 1.70. The normalized spacial score (nSPS) is 11.6. The highest BCUT2D eigenvalue weighted by atomic mass is 32.2. The molecule has 0 saturated heterocycles. The third-order valence-electron chi connectivity index (χ3n) is 4.62. The van der Waals surface area contributed by atoms with Crippen LogP contribution in [0.5, 0.6) is 0 Å². The second-order valence-electron chi connectivity index (χ2n) is 7.34. The molecule has 12 heteroatoms. The second-order valence-corrected chi connectivity index (χ2v) is 11.0. The van der Waals surface area contributed by atoms with Crippen LogP contribution >= 0.6 is 0 Å². The quantitative estimate of drug-likeness (QED) is 0.520. The van der Waals surface area contributed by atoms with Crippen molar-refractivity contribution in [1.29, 1.82) is 0 Å². The number of anilines is 3. The molecular weight excluding hydrogens is 466 g/mol. The number of hydrogen-bond acceptors (Lipinski definition) is 7. The molecule has 10 nitrogen and oxygen atoms in total. The highest BCUT2D eigenvalue weighted by Gasteiger charge is 2.17. The molecule has 0 radical (unpaired) electrons. The van der Waals surface area contributed by atoms with Gasteiger partial charge in [0.1, 0.15) is 0 Å². The molecule has 0 spiro atoms. The molecule has 0 atom stereocenters. The number of carbonyl (C=O) groups is 1. The van der Waals surface area contributed by atoms with Gasteiger partial charge >= 0.3 is 0 Å². The molecule has 0 aliphatic rings. The maximum Gasteiger partial charge on any atom is 0.264 e. The van der Waals surface area contributed by atoms with E-state index in [1.807, 2.05) is 0 Å². The van der Waals surface area contributed by atoms with E-state index in [-0.39, 0.29) is 10.8 Å². The number of nitrogens with zero attached hydrogens (tertiary/aromatic N) is 3. The van der Waals surface area contributed by atoms with Crippen molar-refractivity contribution in [3.63, 3.8) is 0 Å². The van der Waals surface area contributed by atoms with Crippen molar-refractivity contribution in [2.75, 3.05) is 27.6 Å². The van der Waals surface area contributed by atoms with Crippen LogP contribution in [0.2, 0.25) is 0 Å². The molecule has 33 heavy (non-hydrogen) atoms. The number of aryl methyl sites for hydroxylation is 2. The number of aromatic nitrogens is 2. The summed E-state index contributed by atoms with van der Waals surface area (Å²) in [4.78, 5) is 20.6. The van der Waals surface area contributed by atoms with Crippen LogP contribution in [-0.2, 0) is 20.0 Å². The SMILES string of the molecule is Cc1cc(C)nc(NS(=O)(=O)c2ccc(NC(=O)c3ccc(N(C)S(C)(=O)=O)cc3)cc2)n1. The summed E-state index contributed by atoms with van der Waals surface area (Å²) in [6.07, 6.45) is 1.09. The molecule has 0 aliphatic carbocycles. The fourth-order valence-corrected chi connectivity index (χ4v) is 4.33. The van der Waals surface area contributed by atoms with Gasteiger partial charge in [0.05, 0.1) is 16.8 Å². The molecule has 1 heterocycles. The molecule has 1 aromatic heterocycles. The molecule has 0 aliphatic heterocycles. The van der Waals surface area contributed by atoms with Gasteiger partial charge in [0.15, 0.2) is 0 Å². The zero-order valence-electron chi connectivity index (χ0n) is 18.4. The van der Waals surface area contributed by atoms with Crippen LogP contribution in [0, 0.1) is 13.8 Å². The molecule has 0 fully saturated rings.